The number of carbonyl (C=O) groups excluding carboxylic acids is 1. The third-order valence-electron chi connectivity index (χ3n) is 5.44. The molecule has 0 spiro atoms. The summed E-state index contributed by atoms with van der Waals surface area (Å²) in [6.07, 6.45) is 1.76. The van der Waals surface area contributed by atoms with E-state index in [-0.39, 0.29) is 12.0 Å². The Labute approximate surface area is 173 Å². The summed E-state index contributed by atoms with van der Waals surface area (Å²) in [7, 11) is 0. The molecule has 3 heterocycles. The lowest BCUT2D eigenvalue weighted by Crippen LogP contribution is -2.40. The number of likely N-dealkylation sites (tertiary alicyclic amines) is 1. The maximum absolute atomic E-state index is 11.5. The highest BCUT2D eigenvalue weighted by molar-refractivity contribution is 6.03. The largest absolute Gasteiger partial charge is 0.490 e. The maximum Gasteiger partial charge on any atom is 0.219 e. The van der Waals surface area contributed by atoms with Gasteiger partial charge in [-0.15, -0.1) is 10.6 Å². The molecule has 9 heteroatoms. The Morgan fingerprint density at radius 3 is 2.80 bits per heavy atom. The van der Waals surface area contributed by atoms with Crippen molar-refractivity contribution in [3.05, 3.63) is 48.0 Å². The van der Waals surface area contributed by atoms with Crippen molar-refractivity contribution in [3.63, 3.8) is 0 Å². The molecule has 3 aromatic rings. The standard InChI is InChI=1S/C21H22N6O3/c1-13(28)27-9-7-16(8-10-27)29-17-4-2-3-14(11-17)20-18-12-15(21-22-25-26-23-21)5-6-19(18)24-30-20/h2-6,11-12,16,25-26H,7-10H2,1H3,(H,22,23). The first-order valence-corrected chi connectivity index (χ1v) is 9.93. The molecule has 30 heavy (non-hydrogen) atoms. The van der Waals surface area contributed by atoms with Gasteiger partial charge in [-0.2, -0.15) is 0 Å². The Morgan fingerprint density at radius 2 is 2.03 bits per heavy atom. The van der Waals surface area contributed by atoms with Gasteiger partial charge in [0.1, 0.15) is 17.4 Å². The molecule has 1 aromatic heterocycles. The SMILES string of the molecule is CC(=O)N1CCC(Oc2cccc(-c3onc4ccc(C5=NNNN5)cc34)c2)CC1. The molecule has 154 valence electrons. The van der Waals surface area contributed by atoms with Gasteiger partial charge in [0.2, 0.25) is 5.91 Å². The van der Waals surface area contributed by atoms with E-state index >= 15 is 0 Å². The van der Waals surface area contributed by atoms with Gasteiger partial charge in [-0.05, 0) is 30.3 Å². The summed E-state index contributed by atoms with van der Waals surface area (Å²) in [5, 5.41) is 9.23. The number of amidine groups is 1. The molecule has 1 saturated heterocycles. The molecule has 5 rings (SSSR count). The Balaban J connectivity index is 1.38. The fourth-order valence-electron chi connectivity index (χ4n) is 3.82. The molecule has 2 aliphatic rings. The van der Waals surface area contributed by atoms with Crippen LogP contribution < -0.4 is 21.2 Å². The van der Waals surface area contributed by atoms with E-state index in [1.165, 1.54) is 0 Å². The monoisotopic (exact) mass is 406 g/mol. The van der Waals surface area contributed by atoms with Crippen molar-refractivity contribution in [1.29, 1.82) is 0 Å². The van der Waals surface area contributed by atoms with Crippen LogP contribution in [-0.4, -0.2) is 41.0 Å². The molecule has 0 unspecified atom stereocenters. The van der Waals surface area contributed by atoms with E-state index in [0.29, 0.717) is 11.6 Å². The minimum Gasteiger partial charge on any atom is -0.490 e. The second-order valence-corrected chi connectivity index (χ2v) is 7.42. The average Bonchev–Trinajstić information content (AvgIpc) is 3.44. The van der Waals surface area contributed by atoms with E-state index < -0.39 is 0 Å². The van der Waals surface area contributed by atoms with Gasteiger partial charge in [0.05, 0.1) is 5.39 Å². The summed E-state index contributed by atoms with van der Waals surface area (Å²) in [4.78, 5) is 13.4. The topological polar surface area (TPSA) is 104 Å². The predicted molar refractivity (Wildman–Crippen MR) is 111 cm³/mol. The van der Waals surface area contributed by atoms with Crippen LogP contribution in [-0.2, 0) is 4.79 Å². The lowest BCUT2D eigenvalue weighted by Gasteiger charge is -2.31. The van der Waals surface area contributed by atoms with E-state index in [1.54, 1.807) is 6.92 Å². The number of piperidine rings is 1. The summed E-state index contributed by atoms with van der Waals surface area (Å²) < 4.78 is 11.9. The zero-order valence-corrected chi connectivity index (χ0v) is 16.5. The number of benzene rings is 2. The number of hydrazone groups is 1. The molecule has 3 N–H and O–H groups in total. The van der Waals surface area contributed by atoms with Crippen molar-refractivity contribution in [2.75, 3.05) is 13.1 Å². The van der Waals surface area contributed by atoms with E-state index in [4.69, 9.17) is 9.26 Å². The fourth-order valence-corrected chi connectivity index (χ4v) is 3.82. The molecule has 1 amide bonds. The number of rotatable bonds is 4. The van der Waals surface area contributed by atoms with Crippen LogP contribution in [0.25, 0.3) is 22.2 Å². The summed E-state index contributed by atoms with van der Waals surface area (Å²) in [6.45, 7) is 3.08. The molecule has 0 bridgehead atoms. The second-order valence-electron chi connectivity index (χ2n) is 7.42. The van der Waals surface area contributed by atoms with Crippen LogP contribution in [0, 0.1) is 0 Å². The molecule has 0 atom stereocenters. The molecule has 1 fully saturated rings. The number of fused-ring (bicyclic) bond motifs is 1. The van der Waals surface area contributed by atoms with Gasteiger partial charge < -0.3 is 14.2 Å². The van der Waals surface area contributed by atoms with E-state index in [2.05, 4.69) is 26.8 Å². The first-order valence-electron chi connectivity index (χ1n) is 9.93. The Bertz CT molecular complexity index is 1120. The molecule has 2 aliphatic heterocycles. The first-order chi connectivity index (χ1) is 14.7. The fraction of sp³-hybridized carbons (Fsp3) is 0.286. The van der Waals surface area contributed by atoms with Crippen LogP contribution in [0.2, 0.25) is 0 Å². The molecular weight excluding hydrogens is 384 g/mol. The highest BCUT2D eigenvalue weighted by Gasteiger charge is 2.22. The smallest absolute Gasteiger partial charge is 0.219 e. The molecule has 2 aromatic carbocycles. The molecule has 9 nitrogen and oxygen atoms in total. The number of ether oxygens (including phenoxy) is 1. The lowest BCUT2D eigenvalue weighted by atomic mass is 10.1. The number of amides is 1. The molecular formula is C21H22N6O3. The van der Waals surface area contributed by atoms with E-state index in [9.17, 15) is 4.79 Å². The van der Waals surface area contributed by atoms with Crippen molar-refractivity contribution in [2.24, 2.45) is 5.10 Å². The highest BCUT2D eigenvalue weighted by Crippen LogP contribution is 2.32. The third kappa shape index (κ3) is 3.55. The average molecular weight is 406 g/mol. The van der Waals surface area contributed by atoms with Crippen LogP contribution >= 0.6 is 0 Å². The third-order valence-corrected chi connectivity index (χ3v) is 5.44. The normalized spacial score (nSPS) is 16.8. The number of nitrogens with zero attached hydrogens (tertiary/aromatic N) is 3. The van der Waals surface area contributed by atoms with Crippen molar-refractivity contribution < 1.29 is 14.1 Å². The minimum atomic E-state index is 0.0976. The quantitative estimate of drug-likeness (QED) is 0.610. The summed E-state index contributed by atoms with van der Waals surface area (Å²) in [5.41, 5.74) is 10.9. The van der Waals surface area contributed by atoms with Crippen molar-refractivity contribution in [3.8, 4) is 17.1 Å². The number of aromatic nitrogens is 1. The number of hydrogen-bond donors (Lipinski definition) is 3. The van der Waals surface area contributed by atoms with Gasteiger partial charge in [-0.3, -0.25) is 10.2 Å². The molecule has 0 saturated carbocycles. The number of hydrazine groups is 2. The van der Waals surface area contributed by atoms with Crippen LogP contribution in [0.5, 0.6) is 5.75 Å². The van der Waals surface area contributed by atoms with Gasteiger partial charge in [-0.25, -0.2) is 5.53 Å². The van der Waals surface area contributed by atoms with Crippen molar-refractivity contribution in [1.82, 2.24) is 26.6 Å². The Kier molecular flexibility index (Phi) is 4.72. The predicted octanol–water partition coefficient (Wildman–Crippen LogP) is 2.16. The summed E-state index contributed by atoms with van der Waals surface area (Å²) >= 11 is 0. The second kappa shape index (κ2) is 7.68. The van der Waals surface area contributed by atoms with E-state index in [0.717, 1.165) is 53.7 Å². The maximum atomic E-state index is 11.5. The van der Waals surface area contributed by atoms with Crippen LogP contribution in [0.4, 0.5) is 0 Å². The van der Waals surface area contributed by atoms with Gasteiger partial charge >= 0.3 is 0 Å². The van der Waals surface area contributed by atoms with Gasteiger partial charge in [-0.1, -0.05) is 17.3 Å². The zero-order valence-electron chi connectivity index (χ0n) is 16.5. The molecule has 0 radical (unpaired) electrons. The number of carbonyl (C=O) groups is 1. The van der Waals surface area contributed by atoms with Gasteiger partial charge in [0.15, 0.2) is 11.6 Å². The van der Waals surface area contributed by atoms with Crippen LogP contribution in [0.15, 0.2) is 52.1 Å². The summed E-state index contributed by atoms with van der Waals surface area (Å²) in [6, 6.07) is 13.7. The molecule has 0 aliphatic carbocycles. The van der Waals surface area contributed by atoms with Gasteiger partial charge in [0, 0.05) is 44.0 Å². The Hall–Kier alpha value is -3.59. The Morgan fingerprint density at radius 1 is 1.17 bits per heavy atom. The van der Waals surface area contributed by atoms with Crippen molar-refractivity contribution >= 4 is 22.6 Å². The number of hydrogen-bond acceptors (Lipinski definition) is 8. The van der Waals surface area contributed by atoms with Crippen LogP contribution in [0.1, 0.15) is 25.3 Å². The lowest BCUT2D eigenvalue weighted by molar-refractivity contribution is -0.130. The first kappa shape index (κ1) is 18.4. The van der Waals surface area contributed by atoms with Crippen LogP contribution in [0.3, 0.4) is 0 Å². The number of nitrogens with one attached hydrogen (secondary N) is 3. The summed E-state index contributed by atoms with van der Waals surface area (Å²) in [5.74, 6) is 2.28. The van der Waals surface area contributed by atoms with E-state index in [1.807, 2.05) is 47.4 Å². The van der Waals surface area contributed by atoms with Gasteiger partial charge in [0.25, 0.3) is 0 Å². The van der Waals surface area contributed by atoms with Crippen molar-refractivity contribution in [2.45, 2.75) is 25.9 Å². The zero-order chi connectivity index (χ0) is 20.5. The highest BCUT2D eigenvalue weighted by atomic mass is 16.5. The minimum absolute atomic E-state index is 0.0976.